The number of pyridine rings is 1. The SMILES string of the molecule is Cc1cc(C)cc(NC(=O)NCc2nn(Cc3cccnc3)c(=O)c3ccccc23)c1. The van der Waals surface area contributed by atoms with E-state index in [1.807, 2.05) is 62.4 Å². The van der Waals surface area contributed by atoms with Crippen LogP contribution >= 0.6 is 0 Å². The number of nitrogens with one attached hydrogen (secondary N) is 2. The van der Waals surface area contributed by atoms with Crippen LogP contribution in [0.5, 0.6) is 0 Å². The number of anilines is 1. The molecule has 0 spiro atoms. The lowest BCUT2D eigenvalue weighted by molar-refractivity contribution is 0.251. The molecule has 0 radical (unpaired) electrons. The van der Waals surface area contributed by atoms with Gasteiger partial charge >= 0.3 is 6.03 Å². The summed E-state index contributed by atoms with van der Waals surface area (Å²) < 4.78 is 1.41. The Kier molecular flexibility index (Phi) is 5.75. The van der Waals surface area contributed by atoms with Crippen molar-refractivity contribution in [1.82, 2.24) is 20.1 Å². The molecule has 31 heavy (non-hydrogen) atoms. The largest absolute Gasteiger partial charge is 0.332 e. The van der Waals surface area contributed by atoms with Gasteiger partial charge in [-0.05, 0) is 54.8 Å². The van der Waals surface area contributed by atoms with E-state index in [1.54, 1.807) is 18.5 Å². The van der Waals surface area contributed by atoms with Crippen molar-refractivity contribution >= 4 is 22.5 Å². The number of benzene rings is 2. The predicted octanol–water partition coefficient (Wildman–Crippen LogP) is 3.78. The molecular formula is C24H23N5O2. The summed E-state index contributed by atoms with van der Waals surface area (Å²) in [7, 11) is 0. The molecule has 2 amide bonds. The molecule has 0 aliphatic carbocycles. The van der Waals surface area contributed by atoms with E-state index in [4.69, 9.17) is 0 Å². The Morgan fingerprint density at radius 3 is 2.45 bits per heavy atom. The van der Waals surface area contributed by atoms with Crippen LogP contribution < -0.4 is 16.2 Å². The van der Waals surface area contributed by atoms with E-state index in [2.05, 4.69) is 20.7 Å². The van der Waals surface area contributed by atoms with Gasteiger partial charge in [-0.1, -0.05) is 30.3 Å². The molecule has 0 atom stereocenters. The summed E-state index contributed by atoms with van der Waals surface area (Å²) in [5, 5.41) is 11.5. The fraction of sp³-hybridized carbons (Fsp3) is 0.167. The van der Waals surface area contributed by atoms with Crippen LogP contribution in [-0.4, -0.2) is 20.8 Å². The molecule has 4 rings (SSSR count). The van der Waals surface area contributed by atoms with Gasteiger partial charge in [0.2, 0.25) is 0 Å². The van der Waals surface area contributed by atoms with E-state index in [0.29, 0.717) is 17.6 Å². The van der Waals surface area contributed by atoms with Gasteiger partial charge in [0, 0.05) is 23.5 Å². The zero-order chi connectivity index (χ0) is 21.8. The smallest absolute Gasteiger partial charge is 0.319 e. The first-order chi connectivity index (χ1) is 15.0. The van der Waals surface area contributed by atoms with Crippen LogP contribution in [0, 0.1) is 13.8 Å². The van der Waals surface area contributed by atoms with Crippen molar-refractivity contribution in [2.75, 3.05) is 5.32 Å². The summed E-state index contributed by atoms with van der Waals surface area (Å²) in [5.74, 6) is 0. The summed E-state index contributed by atoms with van der Waals surface area (Å²) in [4.78, 5) is 29.5. The fourth-order valence-electron chi connectivity index (χ4n) is 3.59. The van der Waals surface area contributed by atoms with E-state index in [9.17, 15) is 9.59 Å². The van der Waals surface area contributed by atoms with Gasteiger partial charge in [0.05, 0.1) is 24.2 Å². The molecule has 0 bridgehead atoms. The zero-order valence-electron chi connectivity index (χ0n) is 17.4. The van der Waals surface area contributed by atoms with Gasteiger partial charge in [-0.25, -0.2) is 9.48 Å². The van der Waals surface area contributed by atoms with Crippen LogP contribution in [0.2, 0.25) is 0 Å². The second-order valence-corrected chi connectivity index (χ2v) is 7.50. The highest BCUT2D eigenvalue weighted by atomic mass is 16.2. The molecule has 0 aliphatic heterocycles. The number of amides is 2. The summed E-state index contributed by atoms with van der Waals surface area (Å²) in [6, 6.07) is 16.5. The van der Waals surface area contributed by atoms with Crippen molar-refractivity contribution < 1.29 is 4.79 Å². The molecule has 7 heteroatoms. The number of rotatable bonds is 5. The number of aryl methyl sites for hydroxylation is 2. The third kappa shape index (κ3) is 4.78. The van der Waals surface area contributed by atoms with E-state index in [1.165, 1.54) is 4.68 Å². The Labute approximate surface area is 179 Å². The topological polar surface area (TPSA) is 88.9 Å². The van der Waals surface area contributed by atoms with Gasteiger partial charge in [0.25, 0.3) is 5.56 Å². The predicted molar refractivity (Wildman–Crippen MR) is 121 cm³/mol. The number of fused-ring (bicyclic) bond motifs is 1. The third-order valence-electron chi connectivity index (χ3n) is 4.90. The molecule has 0 saturated carbocycles. The van der Waals surface area contributed by atoms with Crippen LogP contribution in [0.25, 0.3) is 10.8 Å². The summed E-state index contributed by atoms with van der Waals surface area (Å²) in [5.41, 5.74) is 4.20. The maximum Gasteiger partial charge on any atom is 0.319 e. The monoisotopic (exact) mass is 413 g/mol. The van der Waals surface area contributed by atoms with Gasteiger partial charge in [-0.15, -0.1) is 0 Å². The second-order valence-electron chi connectivity index (χ2n) is 7.50. The van der Waals surface area contributed by atoms with Crippen LogP contribution in [0.3, 0.4) is 0 Å². The van der Waals surface area contributed by atoms with E-state index in [0.717, 1.165) is 27.8 Å². The lowest BCUT2D eigenvalue weighted by atomic mass is 10.1. The highest BCUT2D eigenvalue weighted by molar-refractivity contribution is 5.90. The third-order valence-corrected chi connectivity index (χ3v) is 4.90. The number of nitrogens with zero attached hydrogens (tertiary/aromatic N) is 3. The summed E-state index contributed by atoms with van der Waals surface area (Å²) in [6.45, 7) is 4.46. The van der Waals surface area contributed by atoms with Crippen LogP contribution in [-0.2, 0) is 13.1 Å². The summed E-state index contributed by atoms with van der Waals surface area (Å²) >= 11 is 0. The average molecular weight is 413 g/mol. The number of aromatic nitrogens is 3. The molecule has 2 aromatic carbocycles. The molecule has 7 nitrogen and oxygen atoms in total. The van der Waals surface area contributed by atoms with Crippen molar-refractivity contribution in [3.63, 3.8) is 0 Å². The fourth-order valence-corrected chi connectivity index (χ4v) is 3.59. The van der Waals surface area contributed by atoms with Crippen molar-refractivity contribution in [2.24, 2.45) is 0 Å². The minimum Gasteiger partial charge on any atom is -0.332 e. The maximum atomic E-state index is 12.9. The van der Waals surface area contributed by atoms with Gasteiger partial charge in [-0.2, -0.15) is 5.10 Å². The second kappa shape index (κ2) is 8.79. The average Bonchev–Trinajstić information content (AvgIpc) is 2.75. The molecule has 2 heterocycles. The van der Waals surface area contributed by atoms with E-state index >= 15 is 0 Å². The maximum absolute atomic E-state index is 12.9. The van der Waals surface area contributed by atoms with Crippen molar-refractivity contribution in [2.45, 2.75) is 26.9 Å². The first-order valence-corrected chi connectivity index (χ1v) is 10.0. The van der Waals surface area contributed by atoms with Crippen molar-refractivity contribution in [3.05, 3.63) is 99.7 Å². The Morgan fingerprint density at radius 1 is 1.00 bits per heavy atom. The standard InChI is InChI=1S/C24H23N5O2/c1-16-10-17(2)12-19(11-16)27-24(31)26-14-22-20-7-3-4-8-21(20)23(30)29(28-22)15-18-6-5-9-25-13-18/h3-13H,14-15H2,1-2H3,(H2,26,27,31). The zero-order valence-corrected chi connectivity index (χ0v) is 17.4. The highest BCUT2D eigenvalue weighted by Gasteiger charge is 2.12. The molecule has 0 aliphatic rings. The van der Waals surface area contributed by atoms with E-state index in [-0.39, 0.29) is 18.1 Å². The normalized spacial score (nSPS) is 10.8. The molecule has 0 unspecified atom stereocenters. The lowest BCUT2D eigenvalue weighted by Gasteiger charge is -2.13. The van der Waals surface area contributed by atoms with Gasteiger partial charge in [0.15, 0.2) is 0 Å². The molecule has 0 fully saturated rings. The van der Waals surface area contributed by atoms with Crippen molar-refractivity contribution in [3.8, 4) is 0 Å². The Hall–Kier alpha value is -4.00. The number of carbonyl (C=O) groups is 1. The van der Waals surface area contributed by atoms with Crippen LogP contribution in [0.1, 0.15) is 22.4 Å². The van der Waals surface area contributed by atoms with Crippen LogP contribution in [0.4, 0.5) is 10.5 Å². The number of urea groups is 1. The number of hydrogen-bond donors (Lipinski definition) is 2. The number of carbonyl (C=O) groups excluding carboxylic acids is 1. The minimum atomic E-state index is -0.333. The van der Waals surface area contributed by atoms with Crippen LogP contribution in [0.15, 0.2) is 71.8 Å². The van der Waals surface area contributed by atoms with Gasteiger partial charge in [0.1, 0.15) is 0 Å². The highest BCUT2D eigenvalue weighted by Crippen LogP contribution is 2.15. The van der Waals surface area contributed by atoms with E-state index < -0.39 is 0 Å². The molecule has 2 aromatic heterocycles. The van der Waals surface area contributed by atoms with Gasteiger partial charge < -0.3 is 10.6 Å². The quantitative estimate of drug-likeness (QED) is 0.521. The Morgan fingerprint density at radius 2 is 1.74 bits per heavy atom. The lowest BCUT2D eigenvalue weighted by Crippen LogP contribution is -2.31. The molecular weight excluding hydrogens is 390 g/mol. The molecule has 156 valence electrons. The molecule has 4 aromatic rings. The molecule has 2 N–H and O–H groups in total. The summed E-state index contributed by atoms with van der Waals surface area (Å²) in [6.07, 6.45) is 3.39. The minimum absolute atomic E-state index is 0.178. The van der Waals surface area contributed by atoms with Gasteiger partial charge in [-0.3, -0.25) is 9.78 Å². The number of hydrogen-bond acceptors (Lipinski definition) is 4. The Bertz CT molecular complexity index is 1280. The first-order valence-electron chi connectivity index (χ1n) is 10.0. The Balaban J connectivity index is 1.58. The first kappa shape index (κ1) is 20.3. The van der Waals surface area contributed by atoms with Crippen molar-refractivity contribution in [1.29, 1.82) is 0 Å². The molecule has 0 saturated heterocycles.